The highest BCUT2D eigenvalue weighted by Gasteiger charge is 2.29. The van der Waals surface area contributed by atoms with E-state index in [2.05, 4.69) is 15.1 Å². The Bertz CT molecular complexity index is 883. The molecule has 0 saturated carbocycles. The molecular formula is C19H28N6O3. The summed E-state index contributed by atoms with van der Waals surface area (Å²) in [7, 11) is 0. The Balaban J connectivity index is 1.57. The highest BCUT2D eigenvalue weighted by Crippen LogP contribution is 2.22. The number of nitrogen functional groups attached to an aromatic ring is 1. The molecule has 0 bridgehead atoms. The second-order valence-electron chi connectivity index (χ2n) is 7.53. The summed E-state index contributed by atoms with van der Waals surface area (Å²) in [5, 5.41) is 4.12. The molecule has 0 radical (unpaired) electrons. The largest absolute Gasteiger partial charge is 0.456 e. The van der Waals surface area contributed by atoms with E-state index >= 15 is 0 Å². The van der Waals surface area contributed by atoms with Crippen molar-refractivity contribution in [3.63, 3.8) is 0 Å². The molecule has 9 nitrogen and oxygen atoms in total. The molecule has 0 aliphatic carbocycles. The molecule has 1 saturated heterocycles. The summed E-state index contributed by atoms with van der Waals surface area (Å²) in [6.45, 7) is 7.63. The molecule has 1 aliphatic rings. The van der Waals surface area contributed by atoms with Crippen LogP contribution in [0.3, 0.4) is 0 Å². The number of nitrogens with zero attached hydrogens (tertiary/aromatic N) is 5. The molecule has 2 aromatic heterocycles. The van der Waals surface area contributed by atoms with Gasteiger partial charge in [0.05, 0.1) is 0 Å². The van der Waals surface area contributed by atoms with Gasteiger partial charge in [0, 0.05) is 29.9 Å². The van der Waals surface area contributed by atoms with Gasteiger partial charge in [0.2, 0.25) is 5.95 Å². The van der Waals surface area contributed by atoms with Crippen LogP contribution >= 0.6 is 0 Å². The topological polar surface area (TPSA) is 116 Å². The van der Waals surface area contributed by atoms with Gasteiger partial charge in [0.1, 0.15) is 0 Å². The molecule has 0 aromatic carbocycles. The summed E-state index contributed by atoms with van der Waals surface area (Å²) < 4.78 is 6.82. The van der Waals surface area contributed by atoms with Gasteiger partial charge in [0.25, 0.3) is 11.7 Å². The number of fused-ring (bicyclic) bond motifs is 1. The number of hydrogen-bond acceptors (Lipinski definition) is 7. The van der Waals surface area contributed by atoms with Gasteiger partial charge in [-0.3, -0.25) is 9.59 Å². The van der Waals surface area contributed by atoms with Gasteiger partial charge in [-0.15, -0.1) is 5.10 Å². The van der Waals surface area contributed by atoms with Crippen molar-refractivity contribution >= 4 is 23.6 Å². The normalized spacial score (nSPS) is 19.8. The number of carbonyl (C=O) groups excluding carboxylic acids is 2. The minimum absolute atomic E-state index is 0.124. The number of carbonyl (C=O) groups is 2. The van der Waals surface area contributed by atoms with Crippen LogP contribution in [0.25, 0.3) is 5.78 Å². The van der Waals surface area contributed by atoms with E-state index in [1.807, 2.05) is 32.6 Å². The second kappa shape index (κ2) is 8.12. The zero-order chi connectivity index (χ0) is 20.4. The first kappa shape index (κ1) is 20.0. The summed E-state index contributed by atoms with van der Waals surface area (Å²) in [6, 6.07) is 0.376. The molecule has 2 aromatic rings. The van der Waals surface area contributed by atoms with Crippen molar-refractivity contribution < 1.29 is 14.3 Å². The molecule has 1 fully saturated rings. The van der Waals surface area contributed by atoms with Crippen molar-refractivity contribution in [2.24, 2.45) is 0 Å². The van der Waals surface area contributed by atoms with Gasteiger partial charge < -0.3 is 15.4 Å². The lowest BCUT2D eigenvalue weighted by molar-refractivity contribution is -0.154. The summed E-state index contributed by atoms with van der Waals surface area (Å²) >= 11 is 0. The fraction of sp³-hybridized carbons (Fsp3) is 0.632. The third kappa shape index (κ3) is 4.07. The zero-order valence-electron chi connectivity index (χ0n) is 16.9. The van der Waals surface area contributed by atoms with E-state index in [1.54, 1.807) is 4.52 Å². The minimum Gasteiger partial charge on any atom is -0.456 e. The fourth-order valence-electron chi connectivity index (χ4n) is 4.01. The third-order valence-corrected chi connectivity index (χ3v) is 5.48. The molecule has 0 unspecified atom stereocenters. The molecule has 152 valence electrons. The Morgan fingerprint density at radius 1 is 1.18 bits per heavy atom. The molecular weight excluding hydrogens is 360 g/mol. The van der Waals surface area contributed by atoms with Gasteiger partial charge >= 0.3 is 5.97 Å². The Kier molecular flexibility index (Phi) is 5.81. The van der Waals surface area contributed by atoms with Crippen LogP contribution in [-0.4, -0.2) is 55.0 Å². The van der Waals surface area contributed by atoms with Gasteiger partial charge in [-0.1, -0.05) is 0 Å². The lowest BCUT2D eigenvalue weighted by atomic mass is 9.97. The average molecular weight is 388 g/mol. The molecule has 9 heteroatoms. The second-order valence-corrected chi connectivity index (χ2v) is 7.53. The van der Waals surface area contributed by atoms with Crippen molar-refractivity contribution in [1.82, 2.24) is 24.5 Å². The standard InChI is InChI=1S/C19H28N6O3/c1-11-6-5-7-12(2)24(11)16(26)10-28-17(27)9-8-15-13(3)21-19-22-18(20)23-25(19)14(15)4/h11-12H,5-10H2,1-4H3,(H2,20,23)/t11-,12-/m0/s1. The molecule has 1 aliphatic heterocycles. The number of aryl methyl sites for hydroxylation is 2. The van der Waals surface area contributed by atoms with Crippen LogP contribution in [0.1, 0.15) is 56.5 Å². The van der Waals surface area contributed by atoms with Crippen molar-refractivity contribution in [1.29, 1.82) is 0 Å². The first-order valence-corrected chi connectivity index (χ1v) is 9.73. The van der Waals surface area contributed by atoms with E-state index in [4.69, 9.17) is 10.5 Å². The van der Waals surface area contributed by atoms with E-state index in [9.17, 15) is 9.59 Å². The molecule has 0 spiro atoms. The highest BCUT2D eigenvalue weighted by atomic mass is 16.5. The number of rotatable bonds is 5. The highest BCUT2D eigenvalue weighted by molar-refractivity contribution is 5.81. The number of nitrogens with two attached hydrogens (primary N) is 1. The smallest absolute Gasteiger partial charge is 0.306 e. The number of hydrogen-bond donors (Lipinski definition) is 1. The molecule has 3 heterocycles. The Hall–Kier alpha value is -2.71. The maximum absolute atomic E-state index is 12.5. The lowest BCUT2D eigenvalue weighted by Gasteiger charge is -2.38. The first-order valence-electron chi connectivity index (χ1n) is 9.73. The molecule has 28 heavy (non-hydrogen) atoms. The van der Waals surface area contributed by atoms with Crippen LogP contribution in [-0.2, 0) is 20.7 Å². The number of esters is 1. The van der Waals surface area contributed by atoms with Gasteiger partial charge in [0.15, 0.2) is 6.61 Å². The van der Waals surface area contributed by atoms with Gasteiger partial charge in [-0.25, -0.2) is 4.98 Å². The Labute approximate surface area is 164 Å². The number of amides is 1. The van der Waals surface area contributed by atoms with Crippen molar-refractivity contribution in [3.05, 3.63) is 17.0 Å². The van der Waals surface area contributed by atoms with Crippen molar-refractivity contribution in [3.8, 4) is 0 Å². The van der Waals surface area contributed by atoms with Crippen molar-refractivity contribution in [2.45, 2.75) is 71.9 Å². The molecule has 1 amide bonds. The molecule has 2 atom stereocenters. The number of anilines is 1. The first-order chi connectivity index (χ1) is 13.3. The predicted molar refractivity (Wildman–Crippen MR) is 104 cm³/mol. The van der Waals surface area contributed by atoms with Crippen LogP contribution in [0, 0.1) is 13.8 Å². The van der Waals surface area contributed by atoms with E-state index in [0.29, 0.717) is 12.2 Å². The number of ether oxygens (including phenoxy) is 1. The van der Waals surface area contributed by atoms with Crippen LogP contribution in [0.2, 0.25) is 0 Å². The van der Waals surface area contributed by atoms with E-state index in [1.165, 1.54) is 0 Å². The monoisotopic (exact) mass is 388 g/mol. The predicted octanol–water partition coefficient (Wildman–Crippen LogP) is 1.59. The molecule has 2 N–H and O–H groups in total. The zero-order valence-corrected chi connectivity index (χ0v) is 16.9. The maximum Gasteiger partial charge on any atom is 0.306 e. The quantitative estimate of drug-likeness (QED) is 0.773. The third-order valence-electron chi connectivity index (χ3n) is 5.48. The Morgan fingerprint density at radius 3 is 2.54 bits per heavy atom. The average Bonchev–Trinajstić information content (AvgIpc) is 3.00. The SMILES string of the molecule is Cc1nc2nc(N)nn2c(C)c1CCC(=O)OCC(=O)N1[C@@H](C)CCC[C@@H]1C. The number of likely N-dealkylation sites (tertiary alicyclic amines) is 1. The summed E-state index contributed by atoms with van der Waals surface area (Å²) in [5.74, 6) is 0.0738. The van der Waals surface area contributed by atoms with E-state index < -0.39 is 5.97 Å². The molecule has 3 rings (SSSR count). The van der Waals surface area contributed by atoms with Crippen LogP contribution in [0.15, 0.2) is 0 Å². The van der Waals surface area contributed by atoms with E-state index in [0.717, 1.165) is 36.2 Å². The summed E-state index contributed by atoms with van der Waals surface area (Å²) in [6.07, 6.45) is 3.72. The van der Waals surface area contributed by atoms with E-state index in [-0.39, 0.29) is 37.0 Å². The minimum atomic E-state index is -0.400. The van der Waals surface area contributed by atoms with Crippen LogP contribution in [0.5, 0.6) is 0 Å². The van der Waals surface area contributed by atoms with Gasteiger partial charge in [-0.05, 0) is 58.9 Å². The van der Waals surface area contributed by atoms with Crippen LogP contribution in [0.4, 0.5) is 5.95 Å². The number of piperidine rings is 1. The van der Waals surface area contributed by atoms with Gasteiger partial charge in [-0.2, -0.15) is 9.50 Å². The Morgan fingerprint density at radius 2 is 1.86 bits per heavy atom. The maximum atomic E-state index is 12.5. The summed E-state index contributed by atoms with van der Waals surface area (Å²) in [4.78, 5) is 34.9. The number of aromatic nitrogens is 4. The summed E-state index contributed by atoms with van der Waals surface area (Å²) in [5.41, 5.74) is 8.15. The fourth-order valence-corrected chi connectivity index (χ4v) is 4.01. The van der Waals surface area contributed by atoms with Crippen molar-refractivity contribution in [2.75, 3.05) is 12.3 Å². The lowest BCUT2D eigenvalue weighted by Crippen LogP contribution is -2.49. The van der Waals surface area contributed by atoms with Crippen LogP contribution < -0.4 is 5.73 Å².